The van der Waals surface area contributed by atoms with E-state index in [4.69, 9.17) is 14.2 Å². The molecule has 0 saturated carbocycles. The number of nitro benzene ring substituents is 1. The predicted molar refractivity (Wildman–Crippen MR) is 93.5 cm³/mol. The Bertz CT molecular complexity index is 930. The van der Waals surface area contributed by atoms with E-state index in [-0.39, 0.29) is 18.1 Å². The highest BCUT2D eigenvalue weighted by Gasteiger charge is 2.16. The van der Waals surface area contributed by atoms with Crippen molar-refractivity contribution in [2.24, 2.45) is 4.99 Å². The molecular weight excluding hydrogens is 362 g/mol. The van der Waals surface area contributed by atoms with Crippen molar-refractivity contribution < 1.29 is 23.9 Å². The lowest BCUT2D eigenvalue weighted by Gasteiger charge is -2.12. The second-order valence-corrected chi connectivity index (χ2v) is 6.27. The number of fused-ring (bicyclic) bond motifs is 1. The molecule has 0 radical (unpaired) electrons. The number of nitrogens with zero attached hydrogens (tertiary/aromatic N) is 3. The Hall–Kier alpha value is -2.72. The fourth-order valence-corrected chi connectivity index (χ4v) is 3.49. The Labute approximate surface area is 152 Å². The number of rotatable bonds is 6. The lowest BCUT2D eigenvalue weighted by molar-refractivity contribution is -0.384. The zero-order valence-corrected chi connectivity index (χ0v) is 14.9. The molecular formula is C16H17N3O6S. The van der Waals surface area contributed by atoms with Gasteiger partial charge in [0.2, 0.25) is 5.76 Å². The van der Waals surface area contributed by atoms with Crippen LogP contribution < -0.4 is 4.80 Å². The highest BCUT2D eigenvalue weighted by atomic mass is 32.1. The second-order valence-electron chi connectivity index (χ2n) is 5.26. The van der Waals surface area contributed by atoms with Crippen molar-refractivity contribution in [1.82, 2.24) is 4.57 Å². The smallest absolute Gasteiger partial charge is 0.317 e. The van der Waals surface area contributed by atoms with Crippen LogP contribution in [0.4, 0.5) is 5.69 Å². The molecule has 26 heavy (non-hydrogen) atoms. The first-order chi connectivity index (χ1) is 12.6. The van der Waals surface area contributed by atoms with E-state index in [0.717, 1.165) is 5.52 Å². The quantitative estimate of drug-likeness (QED) is 0.432. The fraction of sp³-hybridized carbons (Fsp3) is 0.375. The van der Waals surface area contributed by atoms with Crippen LogP contribution in [0.1, 0.15) is 6.92 Å². The van der Waals surface area contributed by atoms with Crippen molar-refractivity contribution in [3.05, 3.63) is 45.1 Å². The molecule has 2 aromatic rings. The summed E-state index contributed by atoms with van der Waals surface area (Å²) in [6, 6.07) is 4.55. The first kappa shape index (κ1) is 18.1. The van der Waals surface area contributed by atoms with E-state index in [0.29, 0.717) is 35.9 Å². The average Bonchev–Trinajstić information content (AvgIpc) is 2.99. The number of nitro groups is 1. The summed E-state index contributed by atoms with van der Waals surface area (Å²) in [5, 5.41) is 11.0. The van der Waals surface area contributed by atoms with Crippen molar-refractivity contribution in [2.45, 2.75) is 13.5 Å². The van der Waals surface area contributed by atoms with Gasteiger partial charge in [0, 0.05) is 25.3 Å². The Kier molecular flexibility index (Phi) is 5.64. The number of carbonyl (C=O) groups excluding carboxylic acids is 1. The van der Waals surface area contributed by atoms with Crippen molar-refractivity contribution in [3.8, 4) is 0 Å². The SMILES string of the molecule is CCOCCn1c(=NC(=O)C2=COCCO2)sc2cc([N+](=O)[O-])ccc21. The van der Waals surface area contributed by atoms with Gasteiger partial charge in [-0.3, -0.25) is 14.9 Å². The zero-order valence-electron chi connectivity index (χ0n) is 14.0. The average molecular weight is 379 g/mol. The van der Waals surface area contributed by atoms with Crippen molar-refractivity contribution in [2.75, 3.05) is 26.4 Å². The lowest BCUT2D eigenvalue weighted by Crippen LogP contribution is -2.21. The van der Waals surface area contributed by atoms with E-state index < -0.39 is 10.8 Å². The van der Waals surface area contributed by atoms with Crippen LogP contribution >= 0.6 is 11.3 Å². The summed E-state index contributed by atoms with van der Waals surface area (Å²) < 4.78 is 18.2. The van der Waals surface area contributed by atoms with Crippen molar-refractivity contribution >= 4 is 33.1 Å². The summed E-state index contributed by atoms with van der Waals surface area (Å²) in [5.74, 6) is -0.521. The monoisotopic (exact) mass is 379 g/mol. The molecule has 1 amide bonds. The normalized spacial score (nSPS) is 14.7. The molecule has 9 nitrogen and oxygen atoms in total. The van der Waals surface area contributed by atoms with Crippen LogP contribution in [0.2, 0.25) is 0 Å². The Morgan fingerprint density at radius 2 is 2.31 bits per heavy atom. The number of hydrogen-bond donors (Lipinski definition) is 0. The summed E-state index contributed by atoms with van der Waals surface area (Å²) >= 11 is 1.20. The number of ether oxygens (including phenoxy) is 3. The predicted octanol–water partition coefficient (Wildman–Crippen LogP) is 1.96. The topological polar surface area (TPSA) is 105 Å². The van der Waals surface area contributed by atoms with Gasteiger partial charge in [-0.05, 0) is 13.0 Å². The van der Waals surface area contributed by atoms with Gasteiger partial charge in [-0.1, -0.05) is 11.3 Å². The molecule has 0 bridgehead atoms. The molecule has 0 atom stereocenters. The fourth-order valence-electron chi connectivity index (χ4n) is 2.40. The molecule has 0 fully saturated rings. The van der Waals surface area contributed by atoms with Gasteiger partial charge in [-0.25, -0.2) is 0 Å². The number of aromatic nitrogens is 1. The van der Waals surface area contributed by atoms with Gasteiger partial charge in [-0.15, -0.1) is 0 Å². The van der Waals surface area contributed by atoms with Gasteiger partial charge >= 0.3 is 5.91 Å². The molecule has 0 aliphatic carbocycles. The minimum absolute atomic E-state index is 0.0136. The van der Waals surface area contributed by atoms with Gasteiger partial charge in [0.15, 0.2) is 4.80 Å². The lowest BCUT2D eigenvalue weighted by atomic mass is 10.3. The Balaban J connectivity index is 2.04. The van der Waals surface area contributed by atoms with Gasteiger partial charge in [0.25, 0.3) is 5.69 Å². The Morgan fingerprint density at radius 1 is 1.46 bits per heavy atom. The molecule has 1 aliphatic heterocycles. The third-order valence-electron chi connectivity index (χ3n) is 3.60. The molecule has 10 heteroatoms. The number of carbonyl (C=O) groups is 1. The zero-order chi connectivity index (χ0) is 18.5. The number of benzene rings is 1. The van der Waals surface area contributed by atoms with Crippen LogP contribution in [0.25, 0.3) is 10.2 Å². The number of amides is 1. The molecule has 0 N–H and O–H groups in total. The van der Waals surface area contributed by atoms with Crippen molar-refractivity contribution in [1.29, 1.82) is 0 Å². The second kappa shape index (κ2) is 8.11. The van der Waals surface area contributed by atoms with Crippen LogP contribution in [0.15, 0.2) is 35.2 Å². The van der Waals surface area contributed by atoms with Crippen LogP contribution in [-0.2, 0) is 25.5 Å². The number of thiazole rings is 1. The third kappa shape index (κ3) is 3.92. The molecule has 3 rings (SSSR count). The molecule has 1 aromatic carbocycles. The maximum Gasteiger partial charge on any atom is 0.317 e. The summed E-state index contributed by atoms with van der Waals surface area (Å²) in [5.41, 5.74) is 0.738. The van der Waals surface area contributed by atoms with Gasteiger partial charge in [-0.2, -0.15) is 4.99 Å². The molecule has 2 heterocycles. The van der Waals surface area contributed by atoms with Crippen LogP contribution in [0.3, 0.4) is 0 Å². The standard InChI is InChI=1S/C16H17N3O6S/c1-2-23-6-5-18-12-4-3-11(19(21)22)9-14(12)26-16(18)17-15(20)13-10-24-7-8-25-13/h3-4,9-10H,2,5-8H2,1H3. The molecule has 0 unspecified atom stereocenters. The highest BCUT2D eigenvalue weighted by molar-refractivity contribution is 7.16. The molecule has 0 spiro atoms. The van der Waals surface area contributed by atoms with E-state index in [2.05, 4.69) is 4.99 Å². The molecule has 1 aromatic heterocycles. The van der Waals surface area contributed by atoms with E-state index in [9.17, 15) is 14.9 Å². The van der Waals surface area contributed by atoms with E-state index in [1.165, 1.54) is 29.7 Å². The van der Waals surface area contributed by atoms with E-state index >= 15 is 0 Å². The first-order valence-electron chi connectivity index (χ1n) is 7.99. The minimum atomic E-state index is -0.559. The number of non-ortho nitro benzene ring substituents is 1. The van der Waals surface area contributed by atoms with Crippen LogP contribution in [0, 0.1) is 10.1 Å². The maximum absolute atomic E-state index is 12.3. The van der Waals surface area contributed by atoms with Gasteiger partial charge in [0.05, 0.1) is 21.7 Å². The van der Waals surface area contributed by atoms with Crippen molar-refractivity contribution in [3.63, 3.8) is 0 Å². The first-order valence-corrected chi connectivity index (χ1v) is 8.81. The molecule has 138 valence electrons. The molecule has 1 aliphatic rings. The maximum atomic E-state index is 12.3. The third-order valence-corrected chi connectivity index (χ3v) is 4.64. The summed E-state index contributed by atoms with van der Waals surface area (Å²) in [6.07, 6.45) is 1.25. The highest BCUT2D eigenvalue weighted by Crippen LogP contribution is 2.23. The van der Waals surface area contributed by atoms with Gasteiger partial charge < -0.3 is 18.8 Å². The van der Waals surface area contributed by atoms with E-state index in [1.54, 1.807) is 6.07 Å². The summed E-state index contributed by atoms with van der Waals surface area (Å²) in [4.78, 5) is 27.4. The summed E-state index contributed by atoms with van der Waals surface area (Å²) in [6.45, 7) is 4.03. The molecule has 0 saturated heterocycles. The van der Waals surface area contributed by atoms with Crippen LogP contribution in [0.5, 0.6) is 0 Å². The van der Waals surface area contributed by atoms with E-state index in [1.807, 2.05) is 11.5 Å². The Morgan fingerprint density at radius 3 is 3.00 bits per heavy atom. The summed E-state index contributed by atoms with van der Waals surface area (Å²) in [7, 11) is 0. The minimum Gasteiger partial charge on any atom is -0.494 e. The number of hydrogen-bond acceptors (Lipinski definition) is 7. The van der Waals surface area contributed by atoms with Gasteiger partial charge in [0.1, 0.15) is 19.5 Å². The van der Waals surface area contributed by atoms with Crippen LogP contribution in [-0.4, -0.2) is 41.8 Å². The largest absolute Gasteiger partial charge is 0.494 e.